The lowest BCUT2D eigenvalue weighted by molar-refractivity contribution is 0.138. The zero-order valence-corrected chi connectivity index (χ0v) is 25.6. The molecule has 1 aliphatic heterocycles. The molecule has 42 heavy (non-hydrogen) atoms. The standard InChI is InChI=1S/C27H33N5O7S2.ClH/c1-3-17-37-29-27(28)30-38-23-18-21(2)19-24(20-23)39-41(35,36)26-12-8-7-11-25(26)40(33,34)32-15-13-31(14-16-32)22-9-5-4-6-10-22;/h4-12,18-20H,3,13-17H2,1-2H3,(H3,28,29,30);1H. The van der Waals surface area contributed by atoms with Crippen molar-refractivity contribution in [3.63, 3.8) is 0 Å². The van der Waals surface area contributed by atoms with Crippen molar-refractivity contribution in [1.82, 2.24) is 9.79 Å². The monoisotopic (exact) mass is 639 g/mol. The molecule has 1 aliphatic rings. The van der Waals surface area contributed by atoms with Crippen LogP contribution in [0.1, 0.15) is 18.9 Å². The largest absolute Gasteiger partial charge is 0.393 e. The number of oxime groups is 1. The zero-order chi connectivity index (χ0) is 29.5. The van der Waals surface area contributed by atoms with Gasteiger partial charge in [0.1, 0.15) is 22.1 Å². The second kappa shape index (κ2) is 14.4. The van der Waals surface area contributed by atoms with Gasteiger partial charge < -0.3 is 24.5 Å². The maximum Gasteiger partial charge on any atom is 0.340 e. The fourth-order valence-corrected chi connectivity index (χ4v) is 7.28. The van der Waals surface area contributed by atoms with E-state index >= 15 is 0 Å². The highest BCUT2D eigenvalue weighted by Gasteiger charge is 2.34. The first-order valence-corrected chi connectivity index (χ1v) is 15.8. The number of para-hydroxylation sites is 1. The van der Waals surface area contributed by atoms with Crippen LogP contribution in [0, 0.1) is 6.92 Å². The maximum atomic E-state index is 13.6. The van der Waals surface area contributed by atoms with E-state index in [-0.39, 0.29) is 47.9 Å². The Morgan fingerprint density at radius 1 is 0.905 bits per heavy atom. The summed E-state index contributed by atoms with van der Waals surface area (Å²) in [5.74, 6) is -0.0389. The van der Waals surface area contributed by atoms with E-state index in [2.05, 4.69) is 15.5 Å². The van der Waals surface area contributed by atoms with Crippen LogP contribution in [0.3, 0.4) is 0 Å². The summed E-state index contributed by atoms with van der Waals surface area (Å²) in [5, 5.41) is 3.63. The van der Waals surface area contributed by atoms with Crippen LogP contribution in [0.4, 0.5) is 5.69 Å². The molecule has 0 radical (unpaired) electrons. The van der Waals surface area contributed by atoms with E-state index < -0.39 is 25.0 Å². The molecule has 12 nitrogen and oxygen atoms in total. The summed E-state index contributed by atoms with van der Waals surface area (Å²) in [6.07, 6.45) is 0.750. The summed E-state index contributed by atoms with van der Waals surface area (Å²) in [7, 11) is -8.70. The predicted octanol–water partition coefficient (Wildman–Crippen LogP) is 3.24. The van der Waals surface area contributed by atoms with Crippen molar-refractivity contribution in [2.24, 2.45) is 10.9 Å². The average Bonchev–Trinajstić information content (AvgIpc) is 2.96. The van der Waals surface area contributed by atoms with E-state index in [1.54, 1.807) is 13.0 Å². The molecule has 3 aromatic rings. The molecule has 3 N–H and O–H groups in total. The van der Waals surface area contributed by atoms with E-state index in [0.29, 0.717) is 25.3 Å². The van der Waals surface area contributed by atoms with Crippen LogP contribution in [0.25, 0.3) is 0 Å². The number of benzene rings is 3. The summed E-state index contributed by atoms with van der Waals surface area (Å²) in [6, 6.07) is 19.5. The molecule has 1 heterocycles. The van der Waals surface area contributed by atoms with Crippen LogP contribution in [-0.2, 0) is 25.0 Å². The number of guanidine groups is 1. The molecule has 228 valence electrons. The van der Waals surface area contributed by atoms with Crippen molar-refractivity contribution in [2.45, 2.75) is 30.1 Å². The Balaban J connectivity index is 0.00000484. The number of nitrogens with zero attached hydrogens (tertiary/aromatic N) is 3. The molecule has 0 atom stereocenters. The van der Waals surface area contributed by atoms with Gasteiger partial charge >= 0.3 is 10.1 Å². The van der Waals surface area contributed by atoms with Gasteiger partial charge in [0.15, 0.2) is 5.75 Å². The minimum Gasteiger partial charge on any atom is -0.393 e. The third-order valence-corrected chi connectivity index (χ3v) is 9.45. The van der Waals surface area contributed by atoms with Gasteiger partial charge in [0.2, 0.25) is 10.0 Å². The highest BCUT2D eigenvalue weighted by atomic mass is 35.5. The Morgan fingerprint density at radius 2 is 1.52 bits per heavy atom. The van der Waals surface area contributed by atoms with Gasteiger partial charge in [-0.2, -0.15) is 18.2 Å². The SMILES string of the molecule is CCCON=C(N)NOc1cc(C)cc(OS(=O)(=O)c2ccccc2S(=O)(=O)N2CCN(c3ccccc3)CC2)c1.Cl. The number of hydrogen-bond acceptors (Lipinski definition) is 9. The minimum absolute atomic E-state index is 0. The molecule has 3 aromatic carbocycles. The van der Waals surface area contributed by atoms with Gasteiger partial charge in [-0.1, -0.05) is 37.3 Å². The van der Waals surface area contributed by atoms with Crippen molar-refractivity contribution in [2.75, 3.05) is 37.7 Å². The Morgan fingerprint density at radius 3 is 2.19 bits per heavy atom. The number of hydroxylamine groups is 1. The van der Waals surface area contributed by atoms with Crippen molar-refractivity contribution in [3.8, 4) is 11.5 Å². The molecule has 0 spiro atoms. The first kappa shape index (κ1) is 32.8. The van der Waals surface area contributed by atoms with Gasteiger partial charge in [-0.15, -0.1) is 12.4 Å². The van der Waals surface area contributed by atoms with E-state index in [0.717, 1.165) is 12.1 Å². The smallest absolute Gasteiger partial charge is 0.340 e. The molecular weight excluding hydrogens is 606 g/mol. The van der Waals surface area contributed by atoms with Gasteiger partial charge in [0, 0.05) is 37.9 Å². The van der Waals surface area contributed by atoms with Gasteiger partial charge in [-0.25, -0.2) is 8.42 Å². The fraction of sp³-hybridized carbons (Fsp3) is 0.296. The summed E-state index contributed by atoms with van der Waals surface area (Å²) in [5.41, 5.74) is 9.68. The topological polar surface area (TPSA) is 153 Å². The van der Waals surface area contributed by atoms with E-state index in [9.17, 15) is 16.8 Å². The molecule has 4 rings (SSSR count). The second-order valence-corrected chi connectivity index (χ2v) is 12.6. The fourth-order valence-electron chi connectivity index (χ4n) is 4.16. The second-order valence-electron chi connectivity index (χ2n) is 9.21. The van der Waals surface area contributed by atoms with Crippen LogP contribution >= 0.6 is 12.4 Å². The summed E-state index contributed by atoms with van der Waals surface area (Å²) in [6.45, 7) is 5.34. The van der Waals surface area contributed by atoms with Crippen LogP contribution in [0.15, 0.2) is 87.7 Å². The highest BCUT2D eigenvalue weighted by Crippen LogP contribution is 2.30. The lowest BCUT2D eigenvalue weighted by atomic mass is 10.2. The third kappa shape index (κ3) is 8.18. The van der Waals surface area contributed by atoms with Gasteiger partial charge in [0.05, 0.1) is 0 Å². The summed E-state index contributed by atoms with van der Waals surface area (Å²) < 4.78 is 60.7. The molecule has 0 aromatic heterocycles. The number of sulfonamides is 1. The number of hydrogen-bond donors (Lipinski definition) is 2. The van der Waals surface area contributed by atoms with Crippen molar-refractivity contribution in [1.29, 1.82) is 0 Å². The van der Waals surface area contributed by atoms with Gasteiger partial charge in [-0.3, -0.25) is 0 Å². The van der Waals surface area contributed by atoms with E-state index in [1.165, 1.54) is 40.7 Å². The van der Waals surface area contributed by atoms with E-state index in [1.807, 2.05) is 37.3 Å². The maximum absolute atomic E-state index is 13.6. The molecule has 0 unspecified atom stereocenters. The Labute approximate surface area is 252 Å². The minimum atomic E-state index is -4.56. The normalized spacial score (nSPS) is 14.5. The molecule has 1 fully saturated rings. The molecule has 0 bridgehead atoms. The Hall–Kier alpha value is -3.72. The molecule has 0 aliphatic carbocycles. The quantitative estimate of drug-likeness (QED) is 0.105. The van der Waals surface area contributed by atoms with Gasteiger partial charge in [0.25, 0.3) is 5.96 Å². The first-order valence-electron chi connectivity index (χ1n) is 12.9. The van der Waals surface area contributed by atoms with Crippen LogP contribution in [-0.4, -0.2) is 59.9 Å². The summed E-state index contributed by atoms with van der Waals surface area (Å²) in [4.78, 5) is 11.6. The van der Waals surface area contributed by atoms with Gasteiger partial charge in [-0.05, 0) is 60.5 Å². The van der Waals surface area contributed by atoms with E-state index in [4.69, 9.17) is 19.6 Å². The number of nitrogens with one attached hydrogen (secondary N) is 1. The molecule has 15 heteroatoms. The lowest BCUT2D eigenvalue weighted by Crippen LogP contribution is -2.48. The predicted molar refractivity (Wildman–Crippen MR) is 162 cm³/mol. The number of aryl methyl sites for hydroxylation is 1. The number of anilines is 1. The molecule has 1 saturated heterocycles. The average molecular weight is 640 g/mol. The highest BCUT2D eigenvalue weighted by molar-refractivity contribution is 7.91. The number of nitrogens with two attached hydrogens (primary N) is 1. The van der Waals surface area contributed by atoms with Crippen molar-refractivity contribution in [3.05, 3.63) is 78.4 Å². The third-order valence-electron chi connectivity index (χ3n) is 6.06. The lowest BCUT2D eigenvalue weighted by Gasteiger charge is -2.35. The Bertz CT molecular complexity index is 1580. The van der Waals surface area contributed by atoms with Crippen molar-refractivity contribution >= 4 is 44.2 Å². The van der Waals surface area contributed by atoms with Crippen molar-refractivity contribution < 1.29 is 30.7 Å². The zero-order valence-electron chi connectivity index (χ0n) is 23.2. The Kier molecular flexibility index (Phi) is 11.3. The number of rotatable bonds is 11. The molecular formula is C27H34ClN5O7S2. The molecule has 0 amide bonds. The molecule has 0 saturated carbocycles. The number of piperazine rings is 1. The first-order chi connectivity index (χ1) is 19.6. The van der Waals surface area contributed by atoms with Crippen LogP contribution in [0.5, 0.6) is 11.5 Å². The number of halogens is 1. The summed E-state index contributed by atoms with van der Waals surface area (Å²) >= 11 is 0. The van der Waals surface area contributed by atoms with Crippen LogP contribution in [0.2, 0.25) is 0 Å². The van der Waals surface area contributed by atoms with Crippen LogP contribution < -0.4 is 25.1 Å².